The SMILES string of the molecule is Cc1nn(-c2ccccc2Br)c(C)c1C. The summed E-state index contributed by atoms with van der Waals surface area (Å²) in [4.78, 5) is 0. The zero-order valence-corrected chi connectivity index (χ0v) is 10.7. The van der Waals surface area contributed by atoms with E-state index in [2.05, 4.69) is 40.9 Å². The van der Waals surface area contributed by atoms with Crippen LogP contribution >= 0.6 is 15.9 Å². The number of hydrogen-bond donors (Lipinski definition) is 0. The average Bonchev–Trinajstić information content (AvgIpc) is 2.47. The molecule has 0 atom stereocenters. The summed E-state index contributed by atoms with van der Waals surface area (Å²) in [7, 11) is 0. The fourth-order valence-corrected chi connectivity index (χ4v) is 2.03. The maximum atomic E-state index is 4.53. The number of aromatic nitrogens is 2. The largest absolute Gasteiger partial charge is 0.236 e. The lowest BCUT2D eigenvalue weighted by Gasteiger charge is -2.06. The van der Waals surface area contributed by atoms with Gasteiger partial charge in [0.05, 0.1) is 11.4 Å². The van der Waals surface area contributed by atoms with E-state index in [0.29, 0.717) is 0 Å². The van der Waals surface area contributed by atoms with E-state index < -0.39 is 0 Å². The van der Waals surface area contributed by atoms with Crippen molar-refractivity contribution in [3.63, 3.8) is 0 Å². The van der Waals surface area contributed by atoms with E-state index in [9.17, 15) is 0 Å². The summed E-state index contributed by atoms with van der Waals surface area (Å²) >= 11 is 3.54. The second-order valence-electron chi connectivity index (χ2n) is 3.66. The molecule has 0 radical (unpaired) electrons. The number of halogens is 1. The maximum Gasteiger partial charge on any atom is 0.0790 e. The van der Waals surface area contributed by atoms with E-state index in [0.717, 1.165) is 15.9 Å². The Morgan fingerprint density at radius 3 is 2.33 bits per heavy atom. The van der Waals surface area contributed by atoms with Crippen molar-refractivity contribution in [3.05, 3.63) is 45.7 Å². The third-order valence-corrected chi connectivity index (χ3v) is 3.40. The summed E-state index contributed by atoms with van der Waals surface area (Å²) in [6, 6.07) is 8.11. The van der Waals surface area contributed by atoms with Gasteiger partial charge in [0.15, 0.2) is 0 Å². The fourth-order valence-electron chi connectivity index (χ4n) is 1.58. The van der Waals surface area contributed by atoms with Gasteiger partial charge in [-0.15, -0.1) is 0 Å². The van der Waals surface area contributed by atoms with Gasteiger partial charge in [-0.05, 0) is 54.4 Å². The van der Waals surface area contributed by atoms with Crippen LogP contribution in [-0.4, -0.2) is 9.78 Å². The van der Waals surface area contributed by atoms with Crippen LogP contribution in [0.25, 0.3) is 5.69 Å². The van der Waals surface area contributed by atoms with Gasteiger partial charge in [-0.2, -0.15) is 5.10 Å². The maximum absolute atomic E-state index is 4.53. The van der Waals surface area contributed by atoms with Crippen LogP contribution in [0, 0.1) is 20.8 Å². The van der Waals surface area contributed by atoms with Crippen molar-refractivity contribution in [3.8, 4) is 5.69 Å². The van der Waals surface area contributed by atoms with Crippen LogP contribution in [-0.2, 0) is 0 Å². The predicted molar refractivity (Wildman–Crippen MR) is 65.5 cm³/mol. The van der Waals surface area contributed by atoms with Crippen molar-refractivity contribution < 1.29 is 0 Å². The molecule has 0 spiro atoms. The molecule has 0 aliphatic rings. The van der Waals surface area contributed by atoms with Crippen molar-refractivity contribution in [1.29, 1.82) is 0 Å². The summed E-state index contributed by atoms with van der Waals surface area (Å²) in [6.07, 6.45) is 0. The van der Waals surface area contributed by atoms with Crippen molar-refractivity contribution in [2.24, 2.45) is 0 Å². The number of rotatable bonds is 1. The highest BCUT2D eigenvalue weighted by molar-refractivity contribution is 9.10. The molecule has 3 heteroatoms. The molecular formula is C12H13BrN2. The standard InChI is InChI=1S/C12H13BrN2/c1-8-9(2)14-15(10(8)3)12-7-5-4-6-11(12)13/h4-7H,1-3H3. The highest BCUT2D eigenvalue weighted by Gasteiger charge is 2.10. The molecule has 1 heterocycles. The Morgan fingerprint density at radius 2 is 1.80 bits per heavy atom. The van der Waals surface area contributed by atoms with Crippen LogP contribution in [0.15, 0.2) is 28.7 Å². The Morgan fingerprint density at radius 1 is 1.13 bits per heavy atom. The molecule has 78 valence electrons. The highest BCUT2D eigenvalue weighted by atomic mass is 79.9. The predicted octanol–water partition coefficient (Wildman–Crippen LogP) is 3.56. The molecule has 0 bridgehead atoms. The minimum Gasteiger partial charge on any atom is -0.236 e. The van der Waals surface area contributed by atoms with Gasteiger partial charge >= 0.3 is 0 Å². The zero-order chi connectivity index (χ0) is 11.0. The van der Waals surface area contributed by atoms with E-state index in [1.165, 1.54) is 11.3 Å². The van der Waals surface area contributed by atoms with E-state index in [1.54, 1.807) is 0 Å². The molecule has 0 amide bonds. The lowest BCUT2D eigenvalue weighted by molar-refractivity contribution is 0.829. The second-order valence-corrected chi connectivity index (χ2v) is 4.51. The summed E-state index contributed by atoms with van der Waals surface area (Å²) in [5.74, 6) is 0. The van der Waals surface area contributed by atoms with Crippen molar-refractivity contribution in [2.45, 2.75) is 20.8 Å². The average molecular weight is 265 g/mol. The van der Waals surface area contributed by atoms with Crippen LogP contribution in [0.5, 0.6) is 0 Å². The van der Waals surface area contributed by atoms with Gasteiger partial charge in [0.2, 0.25) is 0 Å². The lowest BCUT2D eigenvalue weighted by atomic mass is 10.2. The van der Waals surface area contributed by atoms with E-state index in [-0.39, 0.29) is 0 Å². The third kappa shape index (κ3) is 1.72. The normalized spacial score (nSPS) is 10.7. The van der Waals surface area contributed by atoms with Gasteiger partial charge in [-0.1, -0.05) is 12.1 Å². The number of hydrogen-bond acceptors (Lipinski definition) is 1. The summed E-state index contributed by atoms with van der Waals surface area (Å²) < 4.78 is 3.05. The van der Waals surface area contributed by atoms with Gasteiger partial charge in [0.25, 0.3) is 0 Å². The molecular weight excluding hydrogens is 252 g/mol. The first kappa shape index (κ1) is 10.4. The molecule has 0 N–H and O–H groups in total. The molecule has 2 nitrogen and oxygen atoms in total. The highest BCUT2D eigenvalue weighted by Crippen LogP contribution is 2.23. The quantitative estimate of drug-likeness (QED) is 0.770. The summed E-state index contributed by atoms with van der Waals surface area (Å²) in [5, 5.41) is 4.53. The zero-order valence-electron chi connectivity index (χ0n) is 9.08. The van der Waals surface area contributed by atoms with E-state index >= 15 is 0 Å². The van der Waals surface area contributed by atoms with Crippen LogP contribution in [0.1, 0.15) is 17.0 Å². The van der Waals surface area contributed by atoms with Crippen LogP contribution in [0.2, 0.25) is 0 Å². The molecule has 1 aromatic carbocycles. The fraction of sp³-hybridized carbons (Fsp3) is 0.250. The Labute approximate surface area is 98.1 Å². The van der Waals surface area contributed by atoms with E-state index in [1.807, 2.05) is 29.8 Å². The Kier molecular flexibility index (Phi) is 2.65. The van der Waals surface area contributed by atoms with Crippen molar-refractivity contribution in [2.75, 3.05) is 0 Å². The van der Waals surface area contributed by atoms with Crippen molar-refractivity contribution >= 4 is 15.9 Å². The van der Waals surface area contributed by atoms with E-state index in [4.69, 9.17) is 0 Å². The number of nitrogens with zero attached hydrogens (tertiary/aromatic N) is 2. The minimum absolute atomic E-state index is 1.07. The third-order valence-electron chi connectivity index (χ3n) is 2.73. The van der Waals surface area contributed by atoms with Crippen LogP contribution in [0.3, 0.4) is 0 Å². The van der Waals surface area contributed by atoms with Crippen LogP contribution < -0.4 is 0 Å². The lowest BCUT2D eigenvalue weighted by Crippen LogP contribution is -1.99. The minimum atomic E-state index is 1.07. The molecule has 1 aromatic heterocycles. The Hall–Kier alpha value is -1.09. The Balaban J connectivity index is 2.65. The van der Waals surface area contributed by atoms with Gasteiger partial charge in [0, 0.05) is 10.2 Å². The van der Waals surface area contributed by atoms with Gasteiger partial charge in [0.1, 0.15) is 0 Å². The number of para-hydroxylation sites is 1. The molecule has 2 rings (SSSR count). The summed E-state index contributed by atoms with van der Waals surface area (Å²) in [5.41, 5.74) is 4.62. The van der Waals surface area contributed by atoms with Gasteiger partial charge in [-0.25, -0.2) is 4.68 Å². The topological polar surface area (TPSA) is 17.8 Å². The first-order valence-electron chi connectivity index (χ1n) is 4.89. The molecule has 0 unspecified atom stereocenters. The van der Waals surface area contributed by atoms with Gasteiger partial charge < -0.3 is 0 Å². The molecule has 0 saturated carbocycles. The summed E-state index contributed by atoms with van der Waals surface area (Å²) in [6.45, 7) is 6.23. The molecule has 0 fully saturated rings. The molecule has 0 aliphatic heterocycles. The second kappa shape index (κ2) is 3.81. The smallest absolute Gasteiger partial charge is 0.0790 e. The van der Waals surface area contributed by atoms with Crippen molar-refractivity contribution in [1.82, 2.24) is 9.78 Å². The first-order valence-corrected chi connectivity index (χ1v) is 5.68. The molecule has 15 heavy (non-hydrogen) atoms. The molecule has 0 saturated heterocycles. The monoisotopic (exact) mass is 264 g/mol. The molecule has 0 aliphatic carbocycles. The Bertz CT molecular complexity index is 500. The number of aryl methyl sites for hydroxylation is 1. The van der Waals surface area contributed by atoms with Gasteiger partial charge in [-0.3, -0.25) is 0 Å². The molecule has 2 aromatic rings. The van der Waals surface area contributed by atoms with Crippen LogP contribution in [0.4, 0.5) is 0 Å². The number of benzene rings is 1. The first-order chi connectivity index (χ1) is 7.11.